The van der Waals surface area contributed by atoms with Crippen LogP contribution < -0.4 is 9.47 Å². The van der Waals surface area contributed by atoms with Gasteiger partial charge < -0.3 is 14.4 Å². The molecule has 2 aromatic rings. The van der Waals surface area contributed by atoms with Crippen molar-refractivity contribution >= 4 is 28.5 Å². The van der Waals surface area contributed by atoms with Crippen molar-refractivity contribution in [3.8, 4) is 11.9 Å². The van der Waals surface area contributed by atoms with Gasteiger partial charge in [0.2, 0.25) is 5.88 Å². The molecular weight excluding hydrogens is 421 g/mol. The fourth-order valence-corrected chi connectivity index (χ4v) is 3.18. The summed E-state index contributed by atoms with van der Waals surface area (Å²) in [7, 11) is 1.52. The highest BCUT2D eigenvalue weighted by molar-refractivity contribution is 14.1. The first-order chi connectivity index (χ1) is 11.7. The quantitative estimate of drug-likeness (QED) is 0.686. The van der Waals surface area contributed by atoms with E-state index >= 15 is 0 Å². The standard InChI is InChI=1S/C17H18IN3O3/c1-23-17-19-8-5-15(20-17)24-14-6-9-21(10-7-14)16(22)12-3-2-4-13(18)11-12/h2-5,8,11,14H,6-7,9-10H2,1H3. The lowest BCUT2D eigenvalue weighted by Gasteiger charge is -2.32. The minimum atomic E-state index is 0.0459. The SMILES string of the molecule is COc1nccc(OC2CCN(C(=O)c3cccc(I)c3)CC2)n1. The second-order valence-corrected chi connectivity index (χ2v) is 6.75. The summed E-state index contributed by atoms with van der Waals surface area (Å²) in [5, 5.41) is 0. The monoisotopic (exact) mass is 439 g/mol. The summed E-state index contributed by atoms with van der Waals surface area (Å²) in [4.78, 5) is 22.5. The Hall–Kier alpha value is -1.90. The molecule has 1 saturated heterocycles. The van der Waals surface area contributed by atoms with Crippen LogP contribution in [0.15, 0.2) is 36.5 Å². The Morgan fingerprint density at radius 2 is 2.08 bits per heavy atom. The molecule has 1 aromatic heterocycles. The molecule has 126 valence electrons. The molecule has 0 spiro atoms. The van der Waals surface area contributed by atoms with Crippen LogP contribution in [0.4, 0.5) is 0 Å². The number of ether oxygens (including phenoxy) is 2. The third-order valence-corrected chi connectivity index (χ3v) is 4.55. The van der Waals surface area contributed by atoms with E-state index in [1.54, 1.807) is 12.3 Å². The van der Waals surface area contributed by atoms with Gasteiger partial charge in [-0.05, 0) is 40.8 Å². The van der Waals surface area contributed by atoms with E-state index in [1.165, 1.54) is 7.11 Å². The maximum atomic E-state index is 12.5. The van der Waals surface area contributed by atoms with E-state index in [2.05, 4.69) is 32.6 Å². The molecule has 0 unspecified atom stereocenters. The van der Waals surface area contributed by atoms with Gasteiger partial charge in [0.1, 0.15) is 6.10 Å². The number of halogens is 1. The van der Waals surface area contributed by atoms with Crippen molar-refractivity contribution in [1.29, 1.82) is 0 Å². The number of aromatic nitrogens is 2. The first-order valence-corrected chi connectivity index (χ1v) is 8.82. The lowest BCUT2D eigenvalue weighted by Crippen LogP contribution is -2.41. The minimum Gasteiger partial charge on any atom is -0.474 e. The van der Waals surface area contributed by atoms with Crippen molar-refractivity contribution in [3.63, 3.8) is 0 Å². The molecule has 6 nitrogen and oxygen atoms in total. The van der Waals surface area contributed by atoms with Crippen LogP contribution in [-0.4, -0.2) is 47.1 Å². The largest absolute Gasteiger partial charge is 0.474 e. The average Bonchev–Trinajstić information content (AvgIpc) is 2.62. The molecule has 1 aliphatic rings. The number of nitrogens with zero attached hydrogens (tertiary/aromatic N) is 3. The van der Waals surface area contributed by atoms with Crippen LogP contribution in [-0.2, 0) is 0 Å². The van der Waals surface area contributed by atoms with Crippen LogP contribution in [0.1, 0.15) is 23.2 Å². The first-order valence-electron chi connectivity index (χ1n) is 7.74. The minimum absolute atomic E-state index is 0.0459. The fourth-order valence-electron chi connectivity index (χ4n) is 2.64. The fraction of sp³-hybridized carbons (Fsp3) is 0.353. The smallest absolute Gasteiger partial charge is 0.319 e. The van der Waals surface area contributed by atoms with Crippen LogP contribution in [0.5, 0.6) is 11.9 Å². The zero-order chi connectivity index (χ0) is 16.9. The van der Waals surface area contributed by atoms with E-state index in [4.69, 9.17) is 9.47 Å². The van der Waals surface area contributed by atoms with Crippen LogP contribution in [0.2, 0.25) is 0 Å². The Morgan fingerprint density at radius 1 is 1.29 bits per heavy atom. The van der Waals surface area contributed by atoms with Crippen molar-refractivity contribution in [3.05, 3.63) is 45.7 Å². The topological polar surface area (TPSA) is 64.6 Å². The van der Waals surface area contributed by atoms with Gasteiger partial charge in [-0.25, -0.2) is 4.98 Å². The Balaban J connectivity index is 1.56. The Bertz CT molecular complexity index is 718. The number of carbonyl (C=O) groups excluding carboxylic acids is 1. The molecule has 2 heterocycles. The Kier molecular flexibility index (Phi) is 5.49. The Labute approximate surface area is 154 Å². The number of piperidine rings is 1. The summed E-state index contributed by atoms with van der Waals surface area (Å²) in [5.74, 6) is 0.583. The van der Waals surface area contributed by atoms with Gasteiger partial charge in [-0.15, -0.1) is 0 Å². The van der Waals surface area contributed by atoms with Crippen molar-refractivity contribution in [2.45, 2.75) is 18.9 Å². The van der Waals surface area contributed by atoms with Gasteiger partial charge in [-0.2, -0.15) is 4.98 Å². The molecule has 0 N–H and O–H groups in total. The number of carbonyl (C=O) groups is 1. The van der Waals surface area contributed by atoms with Gasteiger partial charge in [0.25, 0.3) is 5.91 Å². The third-order valence-electron chi connectivity index (χ3n) is 3.88. The maximum absolute atomic E-state index is 12.5. The van der Waals surface area contributed by atoms with E-state index in [1.807, 2.05) is 29.2 Å². The first kappa shape index (κ1) is 16.9. The van der Waals surface area contributed by atoms with E-state index in [0.29, 0.717) is 25.0 Å². The molecule has 0 atom stereocenters. The molecule has 7 heteroatoms. The van der Waals surface area contributed by atoms with Gasteiger partial charge in [0.15, 0.2) is 0 Å². The van der Waals surface area contributed by atoms with Gasteiger partial charge in [-0.1, -0.05) is 6.07 Å². The summed E-state index contributed by atoms with van der Waals surface area (Å²) in [6, 6.07) is 9.67. The lowest BCUT2D eigenvalue weighted by atomic mass is 10.1. The molecule has 1 fully saturated rings. The van der Waals surface area contributed by atoms with Gasteiger partial charge in [-0.3, -0.25) is 4.79 Å². The highest BCUT2D eigenvalue weighted by Crippen LogP contribution is 2.20. The zero-order valence-corrected chi connectivity index (χ0v) is 15.5. The maximum Gasteiger partial charge on any atom is 0.319 e. The number of amides is 1. The van der Waals surface area contributed by atoms with Crippen LogP contribution in [0, 0.1) is 3.57 Å². The molecule has 0 aliphatic carbocycles. The number of rotatable bonds is 4. The van der Waals surface area contributed by atoms with Crippen LogP contribution >= 0.6 is 22.6 Å². The van der Waals surface area contributed by atoms with Gasteiger partial charge >= 0.3 is 6.01 Å². The number of hydrogen-bond donors (Lipinski definition) is 0. The number of likely N-dealkylation sites (tertiary alicyclic amines) is 1. The van der Waals surface area contributed by atoms with E-state index < -0.39 is 0 Å². The highest BCUT2D eigenvalue weighted by Gasteiger charge is 2.25. The van der Waals surface area contributed by atoms with E-state index in [-0.39, 0.29) is 12.0 Å². The second kappa shape index (κ2) is 7.78. The lowest BCUT2D eigenvalue weighted by molar-refractivity contribution is 0.0586. The molecule has 0 bridgehead atoms. The molecule has 0 radical (unpaired) electrons. The summed E-state index contributed by atoms with van der Waals surface area (Å²) in [5.41, 5.74) is 0.738. The van der Waals surface area contributed by atoms with Crippen LogP contribution in [0.25, 0.3) is 0 Å². The Morgan fingerprint density at radius 3 is 2.79 bits per heavy atom. The molecule has 1 amide bonds. The summed E-state index contributed by atoms with van der Waals surface area (Å²) >= 11 is 2.22. The molecular formula is C17H18IN3O3. The second-order valence-electron chi connectivity index (χ2n) is 5.50. The van der Waals surface area contributed by atoms with E-state index in [9.17, 15) is 4.79 Å². The number of benzene rings is 1. The van der Waals surface area contributed by atoms with Gasteiger partial charge in [0.05, 0.1) is 7.11 Å². The van der Waals surface area contributed by atoms with Crippen LogP contribution in [0.3, 0.4) is 0 Å². The molecule has 0 saturated carbocycles. The van der Waals surface area contributed by atoms with Crippen molar-refractivity contribution in [2.24, 2.45) is 0 Å². The van der Waals surface area contributed by atoms with E-state index in [0.717, 1.165) is 22.0 Å². The number of methoxy groups -OCH3 is 1. The predicted molar refractivity (Wildman–Crippen MR) is 97.3 cm³/mol. The van der Waals surface area contributed by atoms with Crippen molar-refractivity contribution in [1.82, 2.24) is 14.9 Å². The predicted octanol–water partition coefficient (Wildman–Crippen LogP) is 2.77. The summed E-state index contributed by atoms with van der Waals surface area (Å²) < 4.78 is 11.9. The molecule has 1 aliphatic heterocycles. The summed E-state index contributed by atoms with van der Waals surface area (Å²) in [6.45, 7) is 1.36. The van der Waals surface area contributed by atoms with Crippen molar-refractivity contribution in [2.75, 3.05) is 20.2 Å². The third kappa shape index (κ3) is 4.14. The molecule has 3 rings (SSSR count). The van der Waals surface area contributed by atoms with Crippen molar-refractivity contribution < 1.29 is 14.3 Å². The average molecular weight is 439 g/mol. The molecule has 1 aromatic carbocycles. The molecule has 24 heavy (non-hydrogen) atoms. The highest BCUT2D eigenvalue weighted by atomic mass is 127. The van der Waals surface area contributed by atoms with Gasteiger partial charge in [0, 0.05) is 47.3 Å². The zero-order valence-electron chi connectivity index (χ0n) is 13.3. The summed E-state index contributed by atoms with van der Waals surface area (Å²) in [6.07, 6.45) is 3.21. The number of hydrogen-bond acceptors (Lipinski definition) is 5. The normalized spacial score (nSPS) is 15.2.